The van der Waals surface area contributed by atoms with Crippen LogP contribution in [0.25, 0.3) is 0 Å². The van der Waals surface area contributed by atoms with Gasteiger partial charge in [0.2, 0.25) is 11.8 Å². The van der Waals surface area contributed by atoms with E-state index in [1.54, 1.807) is 10.9 Å². The molecule has 3 rings (SSSR count). The predicted octanol–water partition coefficient (Wildman–Crippen LogP) is 1.38. The van der Waals surface area contributed by atoms with Crippen LogP contribution in [0.2, 0.25) is 0 Å². The van der Waals surface area contributed by atoms with Crippen molar-refractivity contribution < 1.29 is 14.7 Å². The quantitative estimate of drug-likeness (QED) is 0.842. The van der Waals surface area contributed by atoms with E-state index in [9.17, 15) is 14.7 Å². The molecule has 1 saturated heterocycles. The Balaban J connectivity index is 1.66. The van der Waals surface area contributed by atoms with Crippen LogP contribution in [-0.2, 0) is 23.1 Å². The number of benzene rings is 1. The zero-order valence-electron chi connectivity index (χ0n) is 13.8. The van der Waals surface area contributed by atoms with Crippen molar-refractivity contribution in [2.24, 2.45) is 13.0 Å². The molecule has 1 aliphatic heterocycles. The second-order valence-electron chi connectivity index (χ2n) is 6.40. The smallest absolute Gasteiger partial charge is 0.233 e. The maximum absolute atomic E-state index is 12.5. The average molecular weight is 327 g/mol. The van der Waals surface area contributed by atoms with Crippen molar-refractivity contribution in [3.8, 4) is 0 Å². The highest BCUT2D eigenvalue weighted by Crippen LogP contribution is 2.26. The molecular weight excluding hydrogens is 306 g/mol. The lowest BCUT2D eigenvalue weighted by Crippen LogP contribution is -2.34. The van der Waals surface area contributed by atoms with Crippen molar-refractivity contribution in [2.45, 2.75) is 25.9 Å². The van der Waals surface area contributed by atoms with Crippen molar-refractivity contribution in [2.75, 3.05) is 6.54 Å². The van der Waals surface area contributed by atoms with Crippen LogP contribution < -0.4 is 0 Å². The second-order valence-corrected chi connectivity index (χ2v) is 6.40. The minimum absolute atomic E-state index is 0.00423. The topological polar surface area (TPSA) is 75.4 Å². The normalized spacial score (nSPS) is 19.1. The number of rotatable bonds is 5. The lowest BCUT2D eigenvalue weighted by molar-refractivity contribution is -0.141. The van der Waals surface area contributed by atoms with Crippen LogP contribution in [0.15, 0.2) is 36.7 Å². The van der Waals surface area contributed by atoms with Gasteiger partial charge in [-0.25, -0.2) is 0 Å². The average Bonchev–Trinajstić information content (AvgIpc) is 3.06. The molecular formula is C18H21N3O3. The Bertz CT molecular complexity index is 751. The molecule has 2 atom stereocenters. The fraction of sp³-hybridized carbons (Fsp3) is 0.389. The van der Waals surface area contributed by atoms with Crippen LogP contribution in [0, 0.1) is 12.8 Å². The molecule has 0 saturated carbocycles. The minimum Gasteiger partial charge on any atom is -0.387 e. The van der Waals surface area contributed by atoms with Gasteiger partial charge in [-0.05, 0) is 24.5 Å². The maximum atomic E-state index is 12.5. The number of carbonyl (C=O) groups excluding carboxylic acids is 2. The van der Waals surface area contributed by atoms with Crippen LogP contribution in [0.1, 0.15) is 29.2 Å². The third kappa shape index (κ3) is 3.38. The third-order valence-corrected chi connectivity index (χ3v) is 4.40. The summed E-state index contributed by atoms with van der Waals surface area (Å²) in [5.74, 6) is -0.804. The molecule has 6 nitrogen and oxygen atoms in total. The fourth-order valence-electron chi connectivity index (χ4n) is 3.03. The molecule has 1 aromatic carbocycles. The number of aliphatic hydroxyl groups is 1. The third-order valence-electron chi connectivity index (χ3n) is 4.40. The second kappa shape index (κ2) is 6.57. The lowest BCUT2D eigenvalue weighted by atomic mass is 10.0. The van der Waals surface area contributed by atoms with Crippen molar-refractivity contribution >= 4 is 11.8 Å². The molecule has 6 heteroatoms. The lowest BCUT2D eigenvalue weighted by Gasteiger charge is -2.19. The maximum Gasteiger partial charge on any atom is 0.233 e. The van der Waals surface area contributed by atoms with Gasteiger partial charge in [0.25, 0.3) is 0 Å². The Labute approximate surface area is 140 Å². The Kier molecular flexibility index (Phi) is 4.49. The molecule has 2 aromatic rings. The summed E-state index contributed by atoms with van der Waals surface area (Å²) in [5.41, 5.74) is 2.73. The van der Waals surface area contributed by atoms with E-state index >= 15 is 0 Å². The van der Waals surface area contributed by atoms with Gasteiger partial charge in [-0.1, -0.05) is 29.8 Å². The van der Waals surface area contributed by atoms with Crippen molar-refractivity contribution in [3.05, 3.63) is 53.3 Å². The molecule has 1 N–H and O–H groups in total. The van der Waals surface area contributed by atoms with E-state index in [-0.39, 0.29) is 30.7 Å². The first-order chi connectivity index (χ1) is 11.4. The minimum atomic E-state index is -0.865. The predicted molar refractivity (Wildman–Crippen MR) is 87.9 cm³/mol. The molecule has 0 spiro atoms. The summed E-state index contributed by atoms with van der Waals surface area (Å²) in [5, 5.41) is 14.4. The van der Waals surface area contributed by atoms with Crippen LogP contribution >= 0.6 is 0 Å². The number of imide groups is 1. The summed E-state index contributed by atoms with van der Waals surface area (Å²) in [4.78, 5) is 25.9. The van der Waals surface area contributed by atoms with E-state index in [4.69, 9.17) is 0 Å². The highest BCUT2D eigenvalue weighted by atomic mass is 16.3. The molecule has 2 heterocycles. The van der Waals surface area contributed by atoms with Gasteiger partial charge < -0.3 is 5.11 Å². The summed E-state index contributed by atoms with van der Waals surface area (Å²) in [6.07, 6.45) is 3.38. The number of aryl methyl sites for hydroxylation is 2. The van der Waals surface area contributed by atoms with Crippen LogP contribution in [0.4, 0.5) is 0 Å². The number of carbonyl (C=O) groups is 2. The van der Waals surface area contributed by atoms with Crippen LogP contribution in [-0.4, -0.2) is 38.1 Å². The zero-order valence-corrected chi connectivity index (χ0v) is 13.8. The number of aliphatic hydroxyl groups excluding tert-OH is 1. The summed E-state index contributed by atoms with van der Waals surface area (Å²) in [6, 6.07) is 7.44. The standard InChI is InChI=1S/C18H21N3O3/c1-12-3-5-14(6-4-12)16(22)11-21-17(23)8-15(18(21)24)7-13-9-19-20(2)10-13/h3-6,9-10,15-16,22H,7-8,11H2,1-2H3. The monoisotopic (exact) mass is 327 g/mol. The van der Waals surface area contributed by atoms with E-state index in [1.807, 2.05) is 44.4 Å². The van der Waals surface area contributed by atoms with E-state index in [0.29, 0.717) is 12.0 Å². The molecule has 24 heavy (non-hydrogen) atoms. The number of amides is 2. The van der Waals surface area contributed by atoms with Crippen molar-refractivity contribution in [1.29, 1.82) is 0 Å². The molecule has 1 fully saturated rings. The number of hydrogen-bond donors (Lipinski definition) is 1. The van der Waals surface area contributed by atoms with E-state index in [0.717, 1.165) is 11.1 Å². The Hall–Kier alpha value is -2.47. The molecule has 0 aliphatic carbocycles. The summed E-state index contributed by atoms with van der Waals surface area (Å²) < 4.78 is 1.68. The van der Waals surface area contributed by atoms with Crippen LogP contribution in [0.3, 0.4) is 0 Å². The molecule has 0 bridgehead atoms. The van der Waals surface area contributed by atoms with E-state index in [2.05, 4.69) is 5.10 Å². The number of β-amino-alcohol motifs (C(OH)–C–C–N with tert-alkyl or cyclic N) is 1. The first-order valence-corrected chi connectivity index (χ1v) is 8.00. The van der Waals surface area contributed by atoms with Gasteiger partial charge in [0.1, 0.15) is 0 Å². The van der Waals surface area contributed by atoms with Gasteiger partial charge in [0.15, 0.2) is 0 Å². The Morgan fingerprint density at radius 1 is 1.29 bits per heavy atom. The number of likely N-dealkylation sites (tertiary alicyclic amines) is 1. The zero-order chi connectivity index (χ0) is 17.3. The largest absolute Gasteiger partial charge is 0.387 e. The molecule has 2 unspecified atom stereocenters. The first kappa shape index (κ1) is 16.4. The Morgan fingerprint density at radius 3 is 2.62 bits per heavy atom. The number of nitrogens with zero attached hydrogens (tertiary/aromatic N) is 3. The van der Waals surface area contributed by atoms with Gasteiger partial charge >= 0.3 is 0 Å². The highest BCUT2D eigenvalue weighted by molar-refractivity contribution is 6.03. The van der Waals surface area contributed by atoms with Gasteiger partial charge in [-0.2, -0.15) is 5.10 Å². The summed E-state index contributed by atoms with van der Waals surface area (Å²) >= 11 is 0. The Morgan fingerprint density at radius 2 is 2.00 bits per heavy atom. The van der Waals surface area contributed by atoms with Gasteiger partial charge in [0, 0.05) is 19.7 Å². The fourth-order valence-corrected chi connectivity index (χ4v) is 3.03. The van der Waals surface area contributed by atoms with Gasteiger partial charge in [-0.3, -0.25) is 19.2 Å². The van der Waals surface area contributed by atoms with E-state index in [1.165, 1.54) is 4.90 Å². The molecule has 126 valence electrons. The summed E-state index contributed by atoms with van der Waals surface area (Å²) in [7, 11) is 1.81. The highest BCUT2D eigenvalue weighted by Gasteiger charge is 2.39. The first-order valence-electron chi connectivity index (χ1n) is 8.00. The van der Waals surface area contributed by atoms with Crippen LogP contribution in [0.5, 0.6) is 0 Å². The molecule has 2 amide bonds. The molecule has 1 aliphatic rings. The van der Waals surface area contributed by atoms with Crippen molar-refractivity contribution in [3.63, 3.8) is 0 Å². The summed E-state index contributed by atoms with van der Waals surface area (Å²) in [6.45, 7) is 1.97. The SMILES string of the molecule is Cc1ccc(C(O)CN2C(=O)CC(Cc3cnn(C)c3)C2=O)cc1. The van der Waals surface area contributed by atoms with Crippen molar-refractivity contribution in [1.82, 2.24) is 14.7 Å². The molecule has 1 aromatic heterocycles. The number of hydrogen-bond acceptors (Lipinski definition) is 4. The number of aromatic nitrogens is 2. The van der Waals surface area contributed by atoms with Gasteiger partial charge in [0.05, 0.1) is 24.8 Å². The molecule has 0 radical (unpaired) electrons. The van der Waals surface area contributed by atoms with Gasteiger partial charge in [-0.15, -0.1) is 0 Å². The van der Waals surface area contributed by atoms with E-state index < -0.39 is 6.10 Å².